The minimum Gasteiger partial charge on any atom is -0.358 e. The summed E-state index contributed by atoms with van der Waals surface area (Å²) in [5.41, 5.74) is 3.45. The number of nitrogens with zero attached hydrogens (tertiary/aromatic N) is 4. The monoisotopic (exact) mass is 447 g/mol. The van der Waals surface area contributed by atoms with E-state index in [0.717, 1.165) is 35.0 Å². The number of benzene rings is 1. The molecule has 1 fully saturated rings. The molecule has 0 bridgehead atoms. The van der Waals surface area contributed by atoms with Crippen molar-refractivity contribution in [2.45, 2.75) is 37.6 Å². The van der Waals surface area contributed by atoms with Crippen LogP contribution in [0.25, 0.3) is 10.9 Å². The molecule has 32 heavy (non-hydrogen) atoms. The molecule has 1 aliphatic heterocycles. The molecule has 1 aliphatic rings. The second-order valence-corrected chi connectivity index (χ2v) is 8.80. The van der Waals surface area contributed by atoms with Crippen molar-refractivity contribution in [3.63, 3.8) is 0 Å². The molecule has 1 aromatic carbocycles. The number of nitriles is 1. The van der Waals surface area contributed by atoms with Crippen LogP contribution >= 0.6 is 11.8 Å². The predicted molar refractivity (Wildman–Crippen MR) is 124 cm³/mol. The first kappa shape index (κ1) is 21.9. The largest absolute Gasteiger partial charge is 0.358 e. The van der Waals surface area contributed by atoms with E-state index in [0.29, 0.717) is 35.9 Å². The van der Waals surface area contributed by atoms with Gasteiger partial charge >= 0.3 is 0 Å². The molecular formula is C24H25N5O2S. The predicted octanol–water partition coefficient (Wildman–Crippen LogP) is 4.10. The van der Waals surface area contributed by atoms with E-state index in [9.17, 15) is 9.59 Å². The van der Waals surface area contributed by atoms with Gasteiger partial charge in [-0.15, -0.1) is 11.8 Å². The number of pyridine rings is 1. The highest BCUT2D eigenvalue weighted by atomic mass is 32.2. The lowest BCUT2D eigenvalue weighted by Gasteiger charge is -2.28. The number of amides is 2. The van der Waals surface area contributed by atoms with Crippen LogP contribution in [0.5, 0.6) is 0 Å². The van der Waals surface area contributed by atoms with E-state index < -0.39 is 0 Å². The van der Waals surface area contributed by atoms with Crippen molar-refractivity contribution in [2.24, 2.45) is 0 Å². The van der Waals surface area contributed by atoms with E-state index in [-0.39, 0.29) is 18.2 Å². The van der Waals surface area contributed by atoms with Gasteiger partial charge in [0.05, 0.1) is 18.1 Å². The Balaban J connectivity index is 1.51. The highest BCUT2D eigenvalue weighted by Gasteiger charge is 2.33. The minimum atomic E-state index is -0.206. The Morgan fingerprint density at radius 3 is 2.84 bits per heavy atom. The number of hydrogen-bond donors (Lipinski definition) is 1. The molecule has 0 saturated carbocycles. The molecule has 0 radical (unpaired) electrons. The van der Waals surface area contributed by atoms with Gasteiger partial charge in [0, 0.05) is 48.1 Å². The van der Waals surface area contributed by atoms with E-state index in [1.807, 2.05) is 31.2 Å². The first-order valence-corrected chi connectivity index (χ1v) is 11.7. The minimum absolute atomic E-state index is 0.0872. The van der Waals surface area contributed by atoms with Crippen LogP contribution in [0, 0.1) is 18.3 Å². The molecular weight excluding hydrogens is 422 g/mol. The number of H-pyrrole nitrogens is 1. The number of hydrogen-bond acceptors (Lipinski definition) is 5. The molecule has 3 aromatic rings. The van der Waals surface area contributed by atoms with Crippen LogP contribution in [0.3, 0.4) is 0 Å². The van der Waals surface area contributed by atoms with E-state index in [2.05, 4.69) is 16.0 Å². The summed E-state index contributed by atoms with van der Waals surface area (Å²) in [6.07, 6.45) is 3.86. The molecule has 0 atom stereocenters. The summed E-state index contributed by atoms with van der Waals surface area (Å²) < 4.78 is 0. The van der Waals surface area contributed by atoms with Crippen LogP contribution in [-0.4, -0.2) is 50.6 Å². The fraction of sp³-hybridized carbons (Fsp3) is 0.333. The number of carbonyl (C=O) groups is 2. The van der Waals surface area contributed by atoms with Gasteiger partial charge in [-0.25, -0.2) is 9.99 Å². The molecule has 0 aliphatic carbocycles. The number of thioether (sulfide) groups is 1. The van der Waals surface area contributed by atoms with Crippen LogP contribution in [0.1, 0.15) is 40.9 Å². The zero-order valence-electron chi connectivity index (χ0n) is 18.0. The molecule has 164 valence electrons. The zero-order chi connectivity index (χ0) is 22.5. The molecule has 0 spiro atoms. The quantitative estimate of drug-likeness (QED) is 0.435. The first-order chi connectivity index (χ1) is 15.6. The lowest BCUT2D eigenvalue weighted by atomic mass is 10.1. The molecule has 2 aromatic heterocycles. The highest BCUT2D eigenvalue weighted by molar-refractivity contribution is 7.99. The van der Waals surface area contributed by atoms with E-state index in [1.165, 1.54) is 11.8 Å². The van der Waals surface area contributed by atoms with Gasteiger partial charge in [-0.2, -0.15) is 5.26 Å². The van der Waals surface area contributed by atoms with Gasteiger partial charge in [0.2, 0.25) is 5.91 Å². The Kier molecular flexibility index (Phi) is 6.76. The third-order valence-electron chi connectivity index (χ3n) is 5.58. The number of rotatable bonds is 7. The van der Waals surface area contributed by atoms with Crippen LogP contribution in [0.2, 0.25) is 0 Å². The third kappa shape index (κ3) is 4.48. The Bertz CT molecular complexity index is 1180. The fourth-order valence-corrected chi connectivity index (χ4v) is 4.94. The van der Waals surface area contributed by atoms with Crippen molar-refractivity contribution in [3.05, 3.63) is 59.4 Å². The SMILES string of the molecule is Cc1[nH]c2ccccc2c1CC(=O)N1CCCN1C(=O)c1cccnc1SCCCC#N. The molecule has 0 unspecified atom stereocenters. The second kappa shape index (κ2) is 9.88. The summed E-state index contributed by atoms with van der Waals surface area (Å²) in [7, 11) is 0. The second-order valence-electron chi connectivity index (χ2n) is 7.72. The third-order valence-corrected chi connectivity index (χ3v) is 6.67. The molecule has 3 heterocycles. The summed E-state index contributed by atoms with van der Waals surface area (Å²) in [5.74, 6) is 0.422. The van der Waals surface area contributed by atoms with Crippen molar-refractivity contribution in [1.82, 2.24) is 20.0 Å². The summed E-state index contributed by atoms with van der Waals surface area (Å²) in [4.78, 5) is 34.3. The first-order valence-electron chi connectivity index (χ1n) is 10.7. The fourth-order valence-electron chi connectivity index (χ4n) is 4.01. The van der Waals surface area contributed by atoms with E-state index >= 15 is 0 Å². The molecule has 8 heteroatoms. The van der Waals surface area contributed by atoms with Crippen LogP contribution in [0.15, 0.2) is 47.6 Å². The van der Waals surface area contributed by atoms with Gasteiger partial charge in [-0.1, -0.05) is 18.2 Å². The van der Waals surface area contributed by atoms with Crippen molar-refractivity contribution in [1.29, 1.82) is 5.26 Å². The molecule has 2 amide bonds. The summed E-state index contributed by atoms with van der Waals surface area (Å²) in [5, 5.41) is 13.5. The highest BCUT2D eigenvalue weighted by Crippen LogP contribution is 2.26. The number of aromatic nitrogens is 2. The Morgan fingerprint density at radius 1 is 1.19 bits per heavy atom. The lowest BCUT2D eigenvalue weighted by Crippen LogP contribution is -2.45. The zero-order valence-corrected chi connectivity index (χ0v) is 18.8. The number of hydrazine groups is 1. The van der Waals surface area contributed by atoms with Crippen molar-refractivity contribution >= 4 is 34.5 Å². The average molecular weight is 448 g/mol. The van der Waals surface area contributed by atoms with Gasteiger partial charge in [-0.3, -0.25) is 14.6 Å². The van der Waals surface area contributed by atoms with Crippen LogP contribution < -0.4 is 0 Å². The van der Waals surface area contributed by atoms with Crippen molar-refractivity contribution in [3.8, 4) is 6.07 Å². The number of unbranched alkanes of at least 4 members (excludes halogenated alkanes) is 1. The lowest BCUT2D eigenvalue weighted by molar-refractivity contribution is -0.139. The standard InChI is InChI=1S/C24H25N5O2S/c1-17-20(18-8-2-3-10-21(18)27-17)16-22(30)28-13-7-14-29(28)24(31)19-9-6-12-26-23(19)32-15-5-4-11-25/h2-3,6,8-10,12,27H,4-5,7,13-16H2,1H3. The summed E-state index contributed by atoms with van der Waals surface area (Å²) in [6, 6.07) is 13.6. The maximum atomic E-state index is 13.4. The molecule has 4 rings (SSSR count). The van der Waals surface area contributed by atoms with Crippen LogP contribution in [0.4, 0.5) is 0 Å². The number of carbonyl (C=O) groups excluding carboxylic acids is 2. The Labute approximate surface area is 191 Å². The molecule has 7 nitrogen and oxygen atoms in total. The van der Waals surface area contributed by atoms with Gasteiger partial charge in [0.25, 0.3) is 5.91 Å². The Morgan fingerprint density at radius 2 is 2.00 bits per heavy atom. The number of para-hydroxylation sites is 1. The maximum absolute atomic E-state index is 13.4. The molecule has 1 saturated heterocycles. The number of nitrogens with one attached hydrogen (secondary N) is 1. The molecule has 1 N–H and O–H groups in total. The van der Waals surface area contributed by atoms with Crippen molar-refractivity contribution < 1.29 is 9.59 Å². The van der Waals surface area contributed by atoms with Crippen LogP contribution in [-0.2, 0) is 11.2 Å². The smallest absolute Gasteiger partial charge is 0.275 e. The number of aromatic amines is 1. The normalized spacial score (nSPS) is 13.5. The average Bonchev–Trinajstić information content (AvgIpc) is 3.42. The number of aryl methyl sites for hydroxylation is 1. The van der Waals surface area contributed by atoms with Gasteiger partial charge in [-0.05, 0) is 43.5 Å². The maximum Gasteiger partial charge on any atom is 0.275 e. The number of fused-ring (bicyclic) bond motifs is 1. The summed E-state index contributed by atoms with van der Waals surface area (Å²) in [6.45, 7) is 3.00. The van der Waals surface area contributed by atoms with E-state index in [1.54, 1.807) is 28.3 Å². The Hall–Kier alpha value is -3.31. The summed E-state index contributed by atoms with van der Waals surface area (Å²) >= 11 is 1.47. The van der Waals surface area contributed by atoms with Gasteiger partial charge < -0.3 is 4.98 Å². The van der Waals surface area contributed by atoms with Crippen molar-refractivity contribution in [2.75, 3.05) is 18.8 Å². The van der Waals surface area contributed by atoms with Gasteiger partial charge in [0.1, 0.15) is 5.03 Å². The van der Waals surface area contributed by atoms with E-state index in [4.69, 9.17) is 5.26 Å². The topological polar surface area (TPSA) is 93.1 Å². The van der Waals surface area contributed by atoms with Gasteiger partial charge in [0.15, 0.2) is 0 Å².